The summed E-state index contributed by atoms with van der Waals surface area (Å²) >= 11 is 0. The van der Waals surface area contributed by atoms with E-state index in [1.165, 1.54) is 19.2 Å². The number of amides is 1. The third-order valence-corrected chi connectivity index (χ3v) is 6.39. The van der Waals surface area contributed by atoms with Crippen LogP contribution in [-0.4, -0.2) is 34.5 Å². The van der Waals surface area contributed by atoms with Gasteiger partial charge in [-0.05, 0) is 74.5 Å². The fourth-order valence-electron chi connectivity index (χ4n) is 4.54. The van der Waals surface area contributed by atoms with Crippen LogP contribution in [0.25, 0.3) is 22.6 Å². The number of aryl methyl sites for hydroxylation is 1. The molecule has 0 saturated heterocycles. The summed E-state index contributed by atoms with van der Waals surface area (Å²) in [5.74, 6) is 0.916. The van der Waals surface area contributed by atoms with E-state index in [1.807, 2.05) is 56.3 Å². The first-order valence-electron chi connectivity index (χ1n) is 12.0. The summed E-state index contributed by atoms with van der Waals surface area (Å²) in [5, 5.41) is 7.87. The van der Waals surface area contributed by atoms with E-state index in [4.69, 9.17) is 14.6 Å². The number of hydrogen-bond donors (Lipinski definition) is 1. The fraction of sp³-hybridized carbons (Fsp3) is 0.133. The first-order chi connectivity index (χ1) is 18.4. The molecule has 1 N–H and O–H groups in total. The molecule has 38 heavy (non-hydrogen) atoms. The number of benzene rings is 3. The lowest BCUT2D eigenvalue weighted by Crippen LogP contribution is -2.15. The predicted octanol–water partition coefficient (Wildman–Crippen LogP) is 6.36. The van der Waals surface area contributed by atoms with Gasteiger partial charge in [-0.3, -0.25) is 4.79 Å². The standard InChI is InChI=1S/C30H27FN4O3/c1-19-16-25(20(2)34(19)23-13-11-22(31)12-14-23)26-18-29(35(33-26)24-8-6-5-7-9-24)32-30(36)21-10-15-27(37-3)28(17-21)38-4/h5-18H,1-4H3,(H,32,36). The lowest BCUT2D eigenvalue weighted by atomic mass is 10.1. The summed E-state index contributed by atoms with van der Waals surface area (Å²) in [6.07, 6.45) is 0. The van der Waals surface area contributed by atoms with Crippen LogP contribution in [0.2, 0.25) is 0 Å². The van der Waals surface area contributed by atoms with E-state index in [1.54, 1.807) is 42.1 Å². The Labute approximate surface area is 220 Å². The number of anilines is 1. The van der Waals surface area contributed by atoms with E-state index in [2.05, 4.69) is 9.88 Å². The molecule has 3 aromatic carbocycles. The molecule has 0 bridgehead atoms. The Bertz CT molecular complexity index is 1610. The summed E-state index contributed by atoms with van der Waals surface area (Å²) in [7, 11) is 3.07. The molecule has 0 radical (unpaired) electrons. The van der Waals surface area contributed by atoms with Crippen molar-refractivity contribution >= 4 is 11.7 Å². The number of ether oxygens (including phenoxy) is 2. The average Bonchev–Trinajstić information content (AvgIpc) is 3.49. The zero-order valence-corrected chi connectivity index (χ0v) is 21.5. The van der Waals surface area contributed by atoms with Gasteiger partial charge >= 0.3 is 0 Å². The lowest BCUT2D eigenvalue weighted by Gasteiger charge is -2.11. The van der Waals surface area contributed by atoms with Gasteiger partial charge < -0.3 is 19.4 Å². The molecule has 0 aliphatic heterocycles. The molecular weight excluding hydrogens is 483 g/mol. The molecule has 2 heterocycles. The Kier molecular flexibility index (Phi) is 6.70. The first kappa shape index (κ1) is 24.8. The van der Waals surface area contributed by atoms with Crippen LogP contribution in [0.4, 0.5) is 10.2 Å². The molecule has 0 saturated carbocycles. The van der Waals surface area contributed by atoms with Gasteiger partial charge in [-0.1, -0.05) is 18.2 Å². The number of aromatic nitrogens is 3. The molecule has 1 amide bonds. The van der Waals surface area contributed by atoms with Crippen LogP contribution in [0.1, 0.15) is 21.7 Å². The third-order valence-electron chi connectivity index (χ3n) is 6.39. The summed E-state index contributed by atoms with van der Waals surface area (Å²) in [6, 6.07) is 24.9. The molecule has 192 valence electrons. The molecule has 5 aromatic rings. The SMILES string of the molecule is COc1ccc(C(=O)Nc2cc(-c3cc(C)n(-c4ccc(F)cc4)c3C)nn2-c2ccccc2)cc1OC. The van der Waals surface area contributed by atoms with Crippen molar-refractivity contribution < 1.29 is 18.7 Å². The van der Waals surface area contributed by atoms with Crippen molar-refractivity contribution in [1.82, 2.24) is 14.3 Å². The van der Waals surface area contributed by atoms with Gasteiger partial charge in [-0.2, -0.15) is 5.10 Å². The van der Waals surface area contributed by atoms with Gasteiger partial charge in [0.1, 0.15) is 11.6 Å². The number of methoxy groups -OCH3 is 2. The van der Waals surface area contributed by atoms with Crippen molar-refractivity contribution in [3.05, 3.63) is 108 Å². The van der Waals surface area contributed by atoms with E-state index in [9.17, 15) is 9.18 Å². The maximum absolute atomic E-state index is 13.5. The monoisotopic (exact) mass is 510 g/mol. The topological polar surface area (TPSA) is 70.3 Å². The highest BCUT2D eigenvalue weighted by Gasteiger charge is 2.20. The molecular formula is C30H27FN4O3. The maximum Gasteiger partial charge on any atom is 0.256 e. The number of carbonyl (C=O) groups is 1. The molecule has 0 atom stereocenters. The Balaban J connectivity index is 1.56. The normalized spacial score (nSPS) is 10.9. The highest BCUT2D eigenvalue weighted by Crippen LogP contribution is 2.32. The van der Waals surface area contributed by atoms with Crippen LogP contribution in [-0.2, 0) is 0 Å². The summed E-state index contributed by atoms with van der Waals surface area (Å²) in [6.45, 7) is 3.99. The third kappa shape index (κ3) is 4.64. The molecule has 2 aromatic heterocycles. The van der Waals surface area contributed by atoms with E-state index >= 15 is 0 Å². The molecule has 0 unspecified atom stereocenters. The largest absolute Gasteiger partial charge is 0.493 e. The number of rotatable bonds is 7. The van der Waals surface area contributed by atoms with Crippen LogP contribution in [0.3, 0.4) is 0 Å². The van der Waals surface area contributed by atoms with E-state index in [0.29, 0.717) is 28.6 Å². The van der Waals surface area contributed by atoms with Crippen molar-refractivity contribution in [3.63, 3.8) is 0 Å². The second-order valence-electron chi connectivity index (χ2n) is 8.78. The second kappa shape index (κ2) is 10.3. The van der Waals surface area contributed by atoms with Crippen molar-refractivity contribution in [2.45, 2.75) is 13.8 Å². The van der Waals surface area contributed by atoms with Crippen LogP contribution < -0.4 is 14.8 Å². The summed E-state index contributed by atoms with van der Waals surface area (Å²) < 4.78 is 27.9. The first-order valence-corrected chi connectivity index (χ1v) is 12.0. The summed E-state index contributed by atoms with van der Waals surface area (Å²) in [4.78, 5) is 13.3. The quantitative estimate of drug-likeness (QED) is 0.277. The number of nitrogens with one attached hydrogen (secondary N) is 1. The minimum absolute atomic E-state index is 0.284. The smallest absolute Gasteiger partial charge is 0.256 e. The van der Waals surface area contributed by atoms with Gasteiger partial charge in [0.05, 0.1) is 25.6 Å². The molecule has 0 aliphatic carbocycles. The average molecular weight is 511 g/mol. The highest BCUT2D eigenvalue weighted by molar-refractivity contribution is 6.04. The molecule has 8 heteroatoms. The van der Waals surface area contributed by atoms with Gasteiger partial charge in [0, 0.05) is 34.3 Å². The Morgan fingerprint density at radius 2 is 1.55 bits per heavy atom. The Hall–Kier alpha value is -4.85. The van der Waals surface area contributed by atoms with Gasteiger partial charge in [0.2, 0.25) is 0 Å². The van der Waals surface area contributed by atoms with Crippen molar-refractivity contribution in [3.8, 4) is 34.1 Å². The Morgan fingerprint density at radius 3 is 2.24 bits per heavy atom. The van der Waals surface area contributed by atoms with Crippen molar-refractivity contribution in [2.75, 3.05) is 19.5 Å². The van der Waals surface area contributed by atoms with E-state index < -0.39 is 0 Å². The van der Waals surface area contributed by atoms with Gasteiger partial charge in [0.15, 0.2) is 11.5 Å². The van der Waals surface area contributed by atoms with Crippen LogP contribution in [0.5, 0.6) is 11.5 Å². The molecule has 5 rings (SSSR count). The number of hydrogen-bond acceptors (Lipinski definition) is 4. The lowest BCUT2D eigenvalue weighted by molar-refractivity contribution is 0.102. The molecule has 0 spiro atoms. The number of para-hydroxylation sites is 1. The molecule has 7 nitrogen and oxygen atoms in total. The predicted molar refractivity (Wildman–Crippen MR) is 145 cm³/mol. The van der Waals surface area contributed by atoms with E-state index in [0.717, 1.165) is 28.3 Å². The molecule has 0 fully saturated rings. The van der Waals surface area contributed by atoms with Gasteiger partial charge in [-0.15, -0.1) is 0 Å². The molecule has 0 aliphatic rings. The number of carbonyl (C=O) groups excluding carboxylic acids is 1. The maximum atomic E-state index is 13.5. The zero-order valence-electron chi connectivity index (χ0n) is 21.5. The summed E-state index contributed by atoms with van der Waals surface area (Å²) in [5.41, 5.74) is 5.60. The van der Waals surface area contributed by atoms with Crippen LogP contribution in [0, 0.1) is 19.7 Å². The zero-order chi connectivity index (χ0) is 26.8. The second-order valence-corrected chi connectivity index (χ2v) is 8.78. The number of nitrogens with zero attached hydrogens (tertiary/aromatic N) is 3. The Morgan fingerprint density at radius 1 is 0.842 bits per heavy atom. The minimum Gasteiger partial charge on any atom is -0.493 e. The van der Waals surface area contributed by atoms with E-state index in [-0.39, 0.29) is 11.7 Å². The highest BCUT2D eigenvalue weighted by atomic mass is 19.1. The van der Waals surface area contributed by atoms with Crippen LogP contribution in [0.15, 0.2) is 84.9 Å². The fourth-order valence-corrected chi connectivity index (χ4v) is 4.54. The van der Waals surface area contributed by atoms with Gasteiger partial charge in [-0.25, -0.2) is 9.07 Å². The van der Waals surface area contributed by atoms with Crippen molar-refractivity contribution in [2.24, 2.45) is 0 Å². The minimum atomic E-state index is -0.314. The van der Waals surface area contributed by atoms with Crippen LogP contribution >= 0.6 is 0 Å². The van der Waals surface area contributed by atoms with Crippen molar-refractivity contribution in [1.29, 1.82) is 0 Å². The van der Waals surface area contributed by atoms with Gasteiger partial charge in [0.25, 0.3) is 5.91 Å². The number of halogens is 1.